The van der Waals surface area contributed by atoms with E-state index in [0.29, 0.717) is 0 Å². The SMILES string of the molecule is Brc1ccc(-c2cc(N(c3ccccc3)c3ccccc3)cc(N(c3ccccc3)c3ccccc3)c2)cc1. The molecule has 6 aromatic rings. The van der Waals surface area contributed by atoms with E-state index in [1.54, 1.807) is 0 Å². The van der Waals surface area contributed by atoms with Crippen LogP contribution >= 0.6 is 15.9 Å². The summed E-state index contributed by atoms with van der Waals surface area (Å²) >= 11 is 3.60. The summed E-state index contributed by atoms with van der Waals surface area (Å²) in [6.07, 6.45) is 0. The van der Waals surface area contributed by atoms with Gasteiger partial charge in [-0.1, -0.05) is 101 Å². The first-order valence-corrected chi connectivity index (χ1v) is 13.8. The summed E-state index contributed by atoms with van der Waals surface area (Å²) in [7, 11) is 0. The summed E-state index contributed by atoms with van der Waals surface area (Å²) in [5.41, 5.74) is 8.89. The Balaban J connectivity index is 1.61. The standard InChI is InChI=1S/C36H27BrN2/c37-30-23-21-28(22-24-30)29-25-35(38(31-13-5-1-6-14-31)32-15-7-2-8-16-32)27-36(26-29)39(33-17-9-3-10-18-33)34-19-11-4-12-20-34/h1-27H. The number of para-hydroxylation sites is 4. The van der Waals surface area contributed by atoms with Crippen LogP contribution in [0.3, 0.4) is 0 Å². The van der Waals surface area contributed by atoms with E-state index >= 15 is 0 Å². The van der Waals surface area contributed by atoms with Crippen molar-refractivity contribution in [2.75, 3.05) is 9.80 Å². The van der Waals surface area contributed by atoms with Gasteiger partial charge in [-0.15, -0.1) is 0 Å². The van der Waals surface area contributed by atoms with Gasteiger partial charge in [-0.3, -0.25) is 0 Å². The molecule has 0 unspecified atom stereocenters. The average Bonchev–Trinajstić information content (AvgIpc) is 3.00. The van der Waals surface area contributed by atoms with Gasteiger partial charge in [0.1, 0.15) is 0 Å². The Morgan fingerprint density at radius 3 is 0.974 bits per heavy atom. The van der Waals surface area contributed by atoms with E-state index in [1.165, 1.54) is 0 Å². The van der Waals surface area contributed by atoms with Gasteiger partial charge in [0.05, 0.1) is 0 Å². The fraction of sp³-hybridized carbons (Fsp3) is 0. The second-order valence-corrected chi connectivity index (χ2v) is 10.2. The van der Waals surface area contributed by atoms with Crippen LogP contribution in [0.5, 0.6) is 0 Å². The maximum absolute atomic E-state index is 3.60. The topological polar surface area (TPSA) is 6.48 Å². The molecule has 0 aliphatic heterocycles. The minimum Gasteiger partial charge on any atom is -0.310 e. The first-order chi connectivity index (χ1) is 19.3. The lowest BCUT2D eigenvalue weighted by molar-refractivity contribution is 1.25. The van der Waals surface area contributed by atoms with Crippen molar-refractivity contribution in [2.45, 2.75) is 0 Å². The van der Waals surface area contributed by atoms with Crippen LogP contribution in [0.1, 0.15) is 0 Å². The third-order valence-electron chi connectivity index (χ3n) is 6.65. The molecule has 0 radical (unpaired) electrons. The number of anilines is 6. The Bertz CT molecular complexity index is 1460. The lowest BCUT2D eigenvalue weighted by Gasteiger charge is -2.30. The first kappa shape index (κ1) is 24.7. The zero-order valence-electron chi connectivity index (χ0n) is 21.4. The van der Waals surface area contributed by atoms with Gasteiger partial charge in [0.2, 0.25) is 0 Å². The summed E-state index contributed by atoms with van der Waals surface area (Å²) in [6.45, 7) is 0. The van der Waals surface area contributed by atoms with E-state index in [-0.39, 0.29) is 0 Å². The largest absolute Gasteiger partial charge is 0.310 e. The zero-order valence-corrected chi connectivity index (χ0v) is 22.9. The maximum atomic E-state index is 3.60. The van der Waals surface area contributed by atoms with Crippen LogP contribution < -0.4 is 9.80 Å². The van der Waals surface area contributed by atoms with Crippen LogP contribution in [-0.2, 0) is 0 Å². The van der Waals surface area contributed by atoms with Crippen LogP contribution in [0.15, 0.2) is 168 Å². The van der Waals surface area contributed by atoms with Crippen molar-refractivity contribution in [3.8, 4) is 11.1 Å². The van der Waals surface area contributed by atoms with Crippen molar-refractivity contribution in [1.82, 2.24) is 0 Å². The van der Waals surface area contributed by atoms with Gasteiger partial charge in [-0.25, -0.2) is 0 Å². The van der Waals surface area contributed by atoms with Gasteiger partial charge in [-0.2, -0.15) is 0 Å². The lowest BCUT2D eigenvalue weighted by atomic mass is 10.0. The van der Waals surface area contributed by atoms with Crippen LogP contribution in [0.25, 0.3) is 11.1 Å². The van der Waals surface area contributed by atoms with Crippen molar-refractivity contribution in [3.63, 3.8) is 0 Å². The Morgan fingerprint density at radius 1 is 0.308 bits per heavy atom. The molecule has 0 spiro atoms. The third kappa shape index (κ3) is 5.50. The van der Waals surface area contributed by atoms with Gasteiger partial charge >= 0.3 is 0 Å². The average molecular weight is 568 g/mol. The highest BCUT2D eigenvalue weighted by Gasteiger charge is 2.19. The van der Waals surface area contributed by atoms with Crippen LogP contribution in [0.2, 0.25) is 0 Å². The smallest absolute Gasteiger partial charge is 0.0488 e. The maximum Gasteiger partial charge on any atom is 0.0488 e. The van der Waals surface area contributed by atoms with Crippen LogP contribution in [-0.4, -0.2) is 0 Å². The summed E-state index contributed by atoms with van der Waals surface area (Å²) in [4.78, 5) is 4.64. The Labute approximate surface area is 238 Å². The lowest BCUT2D eigenvalue weighted by Crippen LogP contribution is -2.13. The van der Waals surface area contributed by atoms with E-state index < -0.39 is 0 Å². The molecule has 0 aromatic heterocycles. The minimum absolute atomic E-state index is 1.06. The van der Waals surface area contributed by atoms with Crippen molar-refractivity contribution in [2.24, 2.45) is 0 Å². The van der Waals surface area contributed by atoms with Crippen molar-refractivity contribution in [1.29, 1.82) is 0 Å². The second-order valence-electron chi connectivity index (χ2n) is 9.26. The monoisotopic (exact) mass is 566 g/mol. The van der Waals surface area contributed by atoms with Crippen LogP contribution in [0, 0.1) is 0 Å². The fourth-order valence-electron chi connectivity index (χ4n) is 4.87. The van der Waals surface area contributed by atoms with E-state index in [2.05, 4.69) is 190 Å². The molecule has 6 rings (SSSR count). The Hall–Kier alpha value is -4.60. The van der Waals surface area contributed by atoms with Crippen LogP contribution in [0.4, 0.5) is 34.1 Å². The molecule has 39 heavy (non-hydrogen) atoms. The predicted octanol–water partition coefficient (Wildman–Crippen LogP) is 11.1. The summed E-state index contributed by atoms with van der Waals surface area (Å²) in [6, 6.07) is 57.6. The molecule has 0 saturated heterocycles. The van der Waals surface area contributed by atoms with E-state index in [0.717, 1.165) is 49.7 Å². The minimum atomic E-state index is 1.06. The van der Waals surface area contributed by atoms with Crippen molar-refractivity contribution >= 4 is 50.1 Å². The highest BCUT2D eigenvalue weighted by molar-refractivity contribution is 9.10. The molecule has 0 amide bonds. The number of benzene rings is 6. The van der Waals surface area contributed by atoms with Crippen molar-refractivity contribution in [3.05, 3.63) is 168 Å². The molecule has 0 saturated carbocycles. The molecule has 0 atom stereocenters. The second kappa shape index (κ2) is 11.4. The number of halogens is 1. The number of hydrogen-bond donors (Lipinski definition) is 0. The van der Waals surface area contributed by atoms with Gasteiger partial charge in [0.15, 0.2) is 0 Å². The van der Waals surface area contributed by atoms with Gasteiger partial charge in [0.25, 0.3) is 0 Å². The van der Waals surface area contributed by atoms with Gasteiger partial charge in [0, 0.05) is 38.6 Å². The number of hydrogen-bond acceptors (Lipinski definition) is 2. The van der Waals surface area contributed by atoms with E-state index in [4.69, 9.17) is 0 Å². The van der Waals surface area contributed by atoms with E-state index in [9.17, 15) is 0 Å². The molecule has 0 aliphatic rings. The van der Waals surface area contributed by atoms with Gasteiger partial charge in [-0.05, 0) is 90.0 Å². The van der Waals surface area contributed by atoms with Gasteiger partial charge < -0.3 is 9.80 Å². The number of nitrogens with zero attached hydrogens (tertiary/aromatic N) is 2. The molecule has 0 bridgehead atoms. The third-order valence-corrected chi connectivity index (χ3v) is 7.18. The molecule has 3 heteroatoms. The Morgan fingerprint density at radius 2 is 0.641 bits per heavy atom. The fourth-order valence-corrected chi connectivity index (χ4v) is 5.13. The normalized spacial score (nSPS) is 10.7. The highest BCUT2D eigenvalue weighted by Crippen LogP contribution is 2.42. The Kier molecular flexibility index (Phi) is 7.24. The molecular formula is C36H27BrN2. The molecule has 2 nitrogen and oxygen atoms in total. The molecule has 0 fully saturated rings. The zero-order chi connectivity index (χ0) is 26.4. The molecule has 188 valence electrons. The molecule has 0 aliphatic carbocycles. The highest BCUT2D eigenvalue weighted by atomic mass is 79.9. The quantitative estimate of drug-likeness (QED) is 0.189. The number of rotatable bonds is 7. The molecule has 0 heterocycles. The first-order valence-electron chi connectivity index (χ1n) is 13.0. The summed E-state index contributed by atoms with van der Waals surface area (Å²) in [5, 5.41) is 0. The summed E-state index contributed by atoms with van der Waals surface area (Å²) < 4.78 is 1.06. The van der Waals surface area contributed by atoms with Crippen molar-refractivity contribution < 1.29 is 0 Å². The predicted molar refractivity (Wildman–Crippen MR) is 169 cm³/mol. The molecular weight excluding hydrogens is 540 g/mol. The summed E-state index contributed by atoms with van der Waals surface area (Å²) in [5.74, 6) is 0. The van der Waals surface area contributed by atoms with E-state index in [1.807, 2.05) is 0 Å². The molecule has 0 N–H and O–H groups in total. The molecule has 6 aromatic carbocycles.